The van der Waals surface area contributed by atoms with Crippen molar-refractivity contribution in [3.05, 3.63) is 215 Å². The summed E-state index contributed by atoms with van der Waals surface area (Å²) >= 11 is 3.22. The Morgan fingerprint density at radius 1 is 0.466 bits per heavy atom. The van der Waals surface area contributed by atoms with Crippen LogP contribution in [-0.4, -0.2) is 105 Å². The van der Waals surface area contributed by atoms with Crippen molar-refractivity contribution in [2.45, 2.75) is 69.2 Å². The van der Waals surface area contributed by atoms with Gasteiger partial charge in [-0.25, -0.2) is 54.8 Å². The number of rotatable bonds is 0. The standard InChI is InChI=1S/C9H8N2.C6H6N4.C6H7N.2C5H6N2.C4H5N3.2C4H6N2.C4H5NS.C3H4N2S/c1-7-4-6-11-9-8(7)3-2-5-10-9;1-4-5-6(9-2-7-4)10-3-8-5;1-6-2-4-7-5-3-6;1-5-2-3-6-4-7-5;1-5-2-3-6-7-4-5;1-4-6-2-5-3-7-4;1-4-2-5-3-6-4;1-4-2-5-6-3-4;1-4-2-5-3-6-4;1-3-5-4-2-6-3/h2-6H,1H3;2-3H,1H3,(H,7,8,9,10);2-5H,1H3;2*2-4H,1H3;2-3H,1H3;2*2-3H,1H3,(H,5,6);2-3H,1H3;2H,1H3. The molecule has 0 aliphatic rings. The summed E-state index contributed by atoms with van der Waals surface area (Å²) in [6, 6.07) is 13.7. The number of pyridine rings is 3. The second-order valence-corrected chi connectivity index (χ2v) is 16.8. The predicted molar refractivity (Wildman–Crippen MR) is 286 cm³/mol. The minimum absolute atomic E-state index is 0.729. The number of imidazole rings is 2. The van der Waals surface area contributed by atoms with Crippen LogP contribution in [0.1, 0.15) is 55.0 Å². The average Bonchev–Trinajstić information content (AvgIpc) is 4.30. The van der Waals surface area contributed by atoms with E-state index in [0.717, 1.165) is 55.7 Å². The van der Waals surface area contributed by atoms with Crippen LogP contribution in [0.3, 0.4) is 0 Å². The highest BCUT2D eigenvalue weighted by Gasteiger charge is 1.98. The molecule has 0 spiro atoms. The van der Waals surface area contributed by atoms with Crippen LogP contribution in [0.5, 0.6) is 0 Å². The van der Waals surface area contributed by atoms with Crippen molar-refractivity contribution >= 4 is 44.9 Å². The van der Waals surface area contributed by atoms with E-state index in [4.69, 9.17) is 0 Å². The lowest BCUT2D eigenvalue weighted by molar-refractivity contribution is 0.974. The highest BCUT2D eigenvalue weighted by Crippen LogP contribution is 2.11. The van der Waals surface area contributed by atoms with Crippen molar-refractivity contribution in [1.29, 1.82) is 0 Å². The fourth-order valence-corrected chi connectivity index (χ4v) is 5.34. The van der Waals surface area contributed by atoms with Crippen molar-refractivity contribution in [2.24, 2.45) is 0 Å². The smallest absolute Gasteiger partial charge is 0.180 e. The molecular weight excluding hydrogens is 959 g/mol. The van der Waals surface area contributed by atoms with E-state index in [1.807, 2.05) is 123 Å². The van der Waals surface area contributed by atoms with Gasteiger partial charge in [0.25, 0.3) is 0 Å². The van der Waals surface area contributed by atoms with Crippen LogP contribution in [0.15, 0.2) is 160 Å². The molecule has 0 unspecified atom stereocenters. The Morgan fingerprint density at radius 3 is 1.62 bits per heavy atom. The molecule has 73 heavy (non-hydrogen) atoms. The summed E-state index contributed by atoms with van der Waals surface area (Å²) in [6.45, 7) is 19.7. The molecule has 0 radical (unpaired) electrons. The monoisotopic (exact) mass is 1020 g/mol. The van der Waals surface area contributed by atoms with Crippen molar-refractivity contribution < 1.29 is 0 Å². The van der Waals surface area contributed by atoms with Crippen molar-refractivity contribution in [2.75, 3.05) is 0 Å². The minimum atomic E-state index is 0.729. The van der Waals surface area contributed by atoms with Gasteiger partial charge in [-0.2, -0.15) is 15.3 Å². The molecule has 23 heteroatoms. The second-order valence-electron chi connectivity index (χ2n) is 14.6. The van der Waals surface area contributed by atoms with E-state index in [9.17, 15) is 0 Å². The lowest BCUT2D eigenvalue weighted by Gasteiger charge is -1.96. The first-order valence-corrected chi connectivity index (χ1v) is 23.8. The van der Waals surface area contributed by atoms with E-state index in [0.29, 0.717) is 0 Å². The molecule has 12 heterocycles. The number of thiazole rings is 1. The van der Waals surface area contributed by atoms with E-state index in [2.05, 4.69) is 112 Å². The first kappa shape index (κ1) is 58.4. The maximum absolute atomic E-state index is 4.13. The molecule has 0 aromatic carbocycles. The number of nitrogens with zero attached hydrogens (tertiary/aromatic N) is 18. The Morgan fingerprint density at radius 2 is 1.22 bits per heavy atom. The Kier molecular flexibility index (Phi) is 28.8. The zero-order valence-corrected chi connectivity index (χ0v) is 44.0. The fraction of sp³-hybridized carbons (Fsp3) is 0.200. The summed E-state index contributed by atoms with van der Waals surface area (Å²) in [5.41, 5.74) is 13.9. The van der Waals surface area contributed by atoms with Gasteiger partial charge in [-0.1, -0.05) is 0 Å². The third kappa shape index (κ3) is 27.7. The maximum atomic E-state index is 4.13. The number of hydrogen-bond donors (Lipinski definition) is 3. The van der Waals surface area contributed by atoms with E-state index >= 15 is 0 Å². The number of H-pyrrole nitrogens is 3. The first-order valence-electron chi connectivity index (χ1n) is 22.1. The molecule has 12 rings (SSSR count). The van der Waals surface area contributed by atoms with Gasteiger partial charge in [0.15, 0.2) is 11.3 Å². The number of hydrogen-bond acceptors (Lipinski definition) is 20. The Bertz CT molecular complexity index is 2830. The van der Waals surface area contributed by atoms with E-state index in [-0.39, 0.29) is 0 Å². The largest absolute Gasteiger partial charge is 0.349 e. The van der Waals surface area contributed by atoms with Crippen LogP contribution >= 0.6 is 22.7 Å². The number of fused-ring (bicyclic) bond motifs is 2. The number of aromatic nitrogens is 21. The average molecular weight is 1020 g/mol. The maximum Gasteiger partial charge on any atom is 0.180 e. The zero-order valence-electron chi connectivity index (χ0n) is 42.4. The van der Waals surface area contributed by atoms with Crippen LogP contribution in [0.4, 0.5) is 0 Å². The first-order chi connectivity index (χ1) is 35.4. The second kappa shape index (κ2) is 36.1. The molecule has 0 atom stereocenters. The third-order valence-corrected chi connectivity index (χ3v) is 9.70. The highest BCUT2D eigenvalue weighted by atomic mass is 32.1. The summed E-state index contributed by atoms with van der Waals surface area (Å²) < 4.78 is 0. The predicted octanol–water partition coefficient (Wildman–Crippen LogP) is 9.47. The van der Waals surface area contributed by atoms with Crippen LogP contribution in [-0.2, 0) is 0 Å². The van der Waals surface area contributed by atoms with Gasteiger partial charge in [0.05, 0.1) is 36.3 Å². The molecule has 12 aromatic rings. The minimum Gasteiger partial charge on any atom is -0.349 e. The molecule has 0 aliphatic heterocycles. The van der Waals surface area contributed by atoms with Crippen LogP contribution in [0.2, 0.25) is 0 Å². The lowest BCUT2D eigenvalue weighted by atomic mass is 10.2. The van der Waals surface area contributed by atoms with Gasteiger partial charge in [0, 0.05) is 77.4 Å². The van der Waals surface area contributed by atoms with Gasteiger partial charge in [-0.15, -0.1) is 32.9 Å². The topological polar surface area (TPSA) is 279 Å². The Hall–Kier alpha value is -8.96. The van der Waals surface area contributed by atoms with Crippen molar-refractivity contribution in [3.8, 4) is 0 Å². The van der Waals surface area contributed by atoms with Gasteiger partial charge in [0.2, 0.25) is 0 Å². The molecule has 21 nitrogen and oxygen atoms in total. The summed E-state index contributed by atoms with van der Waals surface area (Å²) in [5.74, 6) is 0.759. The molecule has 0 aliphatic carbocycles. The molecule has 12 aromatic heterocycles. The van der Waals surface area contributed by atoms with E-state index in [1.165, 1.54) is 46.9 Å². The summed E-state index contributed by atoms with van der Waals surface area (Å²) in [6.07, 6.45) is 28.8. The molecule has 0 fully saturated rings. The van der Waals surface area contributed by atoms with Crippen LogP contribution < -0.4 is 0 Å². The highest BCUT2D eigenvalue weighted by molar-refractivity contribution is 7.09. The van der Waals surface area contributed by atoms with Crippen LogP contribution in [0, 0.1) is 69.2 Å². The molecule has 0 saturated carbocycles. The molecular formula is C50H59N21S2. The van der Waals surface area contributed by atoms with Gasteiger partial charge in [0.1, 0.15) is 47.2 Å². The fourth-order valence-electron chi connectivity index (χ4n) is 4.59. The molecule has 0 bridgehead atoms. The van der Waals surface area contributed by atoms with Gasteiger partial charge >= 0.3 is 0 Å². The van der Waals surface area contributed by atoms with E-state index in [1.54, 1.807) is 96.6 Å². The number of aryl methyl sites for hydroxylation is 10. The summed E-state index contributed by atoms with van der Waals surface area (Å²) in [5, 5.41) is 23.0. The lowest BCUT2D eigenvalue weighted by Crippen LogP contribution is -1.84. The Labute approximate surface area is 432 Å². The van der Waals surface area contributed by atoms with Gasteiger partial charge in [-0.05, 0) is 134 Å². The molecule has 3 N–H and O–H groups in total. The van der Waals surface area contributed by atoms with Crippen molar-refractivity contribution in [1.82, 2.24) is 105 Å². The number of nitrogens with one attached hydrogen (secondary N) is 3. The Balaban J connectivity index is 0.000000216. The number of aromatic amines is 3. The molecule has 0 amide bonds. The summed E-state index contributed by atoms with van der Waals surface area (Å²) in [4.78, 5) is 57.5. The third-order valence-electron chi connectivity index (χ3n) is 8.37. The quantitative estimate of drug-likeness (QED) is 0.127. The van der Waals surface area contributed by atoms with Crippen LogP contribution in [0.25, 0.3) is 22.2 Å². The summed E-state index contributed by atoms with van der Waals surface area (Å²) in [7, 11) is 0. The SMILES string of the molecule is Cc1ccnc2ncccc12.Cc1ccncc1.Cc1ccncn1.Cc1ccnnc1.Cc1cn[nH]c1.Cc1cnc[nH]1.Cc1cncs1.Cc1ncnc2nc[nH]c12.Cc1ncncn1.Cc1nncs1. The molecule has 376 valence electrons. The van der Waals surface area contributed by atoms with Gasteiger partial charge < -0.3 is 9.97 Å². The van der Waals surface area contributed by atoms with Crippen molar-refractivity contribution in [3.63, 3.8) is 0 Å². The normalized spacial score (nSPS) is 9.23. The molecule has 0 saturated heterocycles. The van der Waals surface area contributed by atoms with Gasteiger partial charge in [-0.3, -0.25) is 15.1 Å². The zero-order chi connectivity index (χ0) is 52.7. The van der Waals surface area contributed by atoms with E-state index < -0.39 is 0 Å².